The number of carboxylic acid groups (broad SMARTS) is 1. The fourth-order valence-corrected chi connectivity index (χ4v) is 2.91. The third-order valence-electron chi connectivity index (χ3n) is 3.34. The van der Waals surface area contributed by atoms with Gasteiger partial charge in [-0.1, -0.05) is 12.8 Å². The molecule has 1 aliphatic carbocycles. The zero-order chi connectivity index (χ0) is 15.5. The molecule has 1 aromatic heterocycles. The number of Topliss-reactive ketones (excluding diaryl/α,β-unsaturated/α-hetero) is 1. The first-order chi connectivity index (χ1) is 9.98. The molecule has 0 aliphatic heterocycles. The lowest BCUT2D eigenvalue weighted by atomic mass is 9.97. The highest BCUT2D eigenvalue weighted by Gasteiger charge is 2.43. The van der Waals surface area contributed by atoms with Gasteiger partial charge in [0.1, 0.15) is 11.2 Å². The molecule has 0 atom stereocenters. The van der Waals surface area contributed by atoms with E-state index < -0.39 is 23.2 Å². The molecule has 8 nitrogen and oxygen atoms in total. The molecule has 21 heavy (non-hydrogen) atoms. The minimum absolute atomic E-state index is 0.125. The number of rotatable bonds is 6. The first-order valence-electron chi connectivity index (χ1n) is 6.24. The van der Waals surface area contributed by atoms with E-state index >= 15 is 0 Å². The molecule has 3 N–H and O–H groups in total. The van der Waals surface area contributed by atoms with Crippen molar-refractivity contribution in [1.82, 2.24) is 10.3 Å². The van der Waals surface area contributed by atoms with Gasteiger partial charge in [0.15, 0.2) is 5.13 Å². The molecule has 1 aromatic rings. The lowest BCUT2D eigenvalue weighted by Crippen LogP contribution is -2.54. The van der Waals surface area contributed by atoms with Crippen LogP contribution in [-0.2, 0) is 14.4 Å². The van der Waals surface area contributed by atoms with Gasteiger partial charge in [0.25, 0.3) is 11.7 Å². The second kappa shape index (κ2) is 6.00. The third-order valence-corrected chi connectivity index (χ3v) is 4.12. The van der Waals surface area contributed by atoms with Gasteiger partial charge in [-0.25, -0.2) is 9.78 Å². The van der Waals surface area contributed by atoms with Gasteiger partial charge in [-0.2, -0.15) is 0 Å². The van der Waals surface area contributed by atoms with Gasteiger partial charge in [0, 0.05) is 5.38 Å². The summed E-state index contributed by atoms with van der Waals surface area (Å²) in [4.78, 5) is 49.2. The van der Waals surface area contributed by atoms with Crippen LogP contribution >= 0.6 is 11.3 Å². The summed E-state index contributed by atoms with van der Waals surface area (Å²) in [6.45, 7) is 0. The smallest absolute Gasteiger partial charge is 0.329 e. The zero-order valence-corrected chi connectivity index (χ0v) is 11.7. The molecule has 9 heteroatoms. The van der Waals surface area contributed by atoms with Gasteiger partial charge in [0.05, 0.1) is 0 Å². The Hall–Kier alpha value is -2.29. The third kappa shape index (κ3) is 3.07. The summed E-state index contributed by atoms with van der Waals surface area (Å²) in [6.07, 6.45) is 2.38. The van der Waals surface area contributed by atoms with Crippen molar-refractivity contribution in [1.29, 1.82) is 0 Å². The van der Waals surface area contributed by atoms with E-state index in [2.05, 4.69) is 15.6 Å². The molecule has 1 heterocycles. The number of aromatic nitrogens is 1. The van der Waals surface area contributed by atoms with Crippen molar-refractivity contribution in [3.8, 4) is 0 Å². The van der Waals surface area contributed by atoms with Crippen molar-refractivity contribution >= 4 is 40.5 Å². The van der Waals surface area contributed by atoms with Crippen LogP contribution in [0, 0.1) is 0 Å². The minimum Gasteiger partial charge on any atom is -0.480 e. The van der Waals surface area contributed by atoms with Crippen LogP contribution < -0.4 is 10.6 Å². The molecule has 2 amide bonds. The number of anilines is 1. The number of carbonyl (C=O) groups excluding carboxylic acids is 3. The molecule has 0 bridgehead atoms. The Morgan fingerprint density at radius 3 is 2.57 bits per heavy atom. The van der Waals surface area contributed by atoms with Gasteiger partial charge >= 0.3 is 5.97 Å². The van der Waals surface area contributed by atoms with E-state index in [0.29, 0.717) is 32.1 Å². The molecule has 0 aromatic carbocycles. The lowest BCUT2D eigenvalue weighted by Gasteiger charge is -2.24. The Morgan fingerprint density at radius 2 is 2.00 bits per heavy atom. The summed E-state index contributed by atoms with van der Waals surface area (Å²) < 4.78 is 0. The minimum atomic E-state index is -1.37. The van der Waals surface area contributed by atoms with Crippen LogP contribution in [0.3, 0.4) is 0 Å². The Balaban J connectivity index is 2.09. The maximum atomic E-state index is 11.9. The SMILES string of the molecule is O=CNc1nc(C(=O)C(=O)NC2(C(=O)O)CCCC2)cs1. The van der Waals surface area contributed by atoms with Gasteiger partial charge in [-0.05, 0) is 12.8 Å². The first kappa shape index (κ1) is 15.1. The first-order valence-corrected chi connectivity index (χ1v) is 7.12. The Kier molecular flexibility index (Phi) is 4.32. The van der Waals surface area contributed by atoms with Crippen LogP contribution in [0.25, 0.3) is 0 Å². The predicted octanol–water partition coefficient (Wildman–Crippen LogP) is 0.408. The van der Waals surface area contributed by atoms with Gasteiger partial charge in [-0.15, -0.1) is 11.3 Å². The average molecular weight is 311 g/mol. The van der Waals surface area contributed by atoms with Crippen LogP contribution in [0.2, 0.25) is 0 Å². The van der Waals surface area contributed by atoms with E-state index in [1.165, 1.54) is 5.38 Å². The molecule has 0 spiro atoms. The normalized spacial score (nSPS) is 16.2. The standard InChI is InChI=1S/C12H13N3O5S/c16-6-13-11-14-7(5-21-11)8(17)9(18)15-12(10(19)20)3-1-2-4-12/h5-6H,1-4H2,(H,15,18)(H,19,20)(H,13,14,16). The van der Waals surface area contributed by atoms with E-state index in [1.807, 2.05) is 0 Å². The molecule has 0 radical (unpaired) electrons. The fraction of sp³-hybridized carbons (Fsp3) is 0.417. The molecule has 0 unspecified atom stereocenters. The largest absolute Gasteiger partial charge is 0.480 e. The number of thiazole rings is 1. The lowest BCUT2D eigenvalue weighted by molar-refractivity contribution is -0.146. The van der Waals surface area contributed by atoms with Crippen LogP contribution in [-0.4, -0.2) is 39.7 Å². The molecule has 2 rings (SSSR count). The maximum absolute atomic E-state index is 11.9. The number of nitrogens with zero attached hydrogens (tertiary/aromatic N) is 1. The van der Waals surface area contributed by atoms with Crippen molar-refractivity contribution in [2.75, 3.05) is 5.32 Å². The fourth-order valence-electron chi connectivity index (χ4n) is 2.26. The average Bonchev–Trinajstić information content (AvgIpc) is 3.08. The molecule has 112 valence electrons. The number of ketones is 1. The summed E-state index contributed by atoms with van der Waals surface area (Å²) in [7, 11) is 0. The number of amides is 2. The van der Waals surface area contributed by atoms with Crippen molar-refractivity contribution in [2.45, 2.75) is 31.2 Å². The number of nitrogens with one attached hydrogen (secondary N) is 2. The van der Waals surface area contributed by atoms with Gasteiger partial charge < -0.3 is 15.7 Å². The highest BCUT2D eigenvalue weighted by molar-refractivity contribution is 7.14. The van der Waals surface area contributed by atoms with Crippen molar-refractivity contribution < 1.29 is 24.3 Å². The summed E-state index contributed by atoms with van der Waals surface area (Å²) in [5.41, 5.74) is -1.49. The van der Waals surface area contributed by atoms with Crippen molar-refractivity contribution in [3.05, 3.63) is 11.1 Å². The molecular formula is C12H13N3O5S. The maximum Gasteiger partial charge on any atom is 0.329 e. The Labute approximate surface area is 123 Å². The summed E-state index contributed by atoms with van der Waals surface area (Å²) in [5, 5.41) is 15.4. The number of carboxylic acids is 1. The van der Waals surface area contributed by atoms with E-state index in [4.69, 9.17) is 0 Å². The van der Waals surface area contributed by atoms with Crippen LogP contribution in [0.1, 0.15) is 36.2 Å². The van der Waals surface area contributed by atoms with Crippen molar-refractivity contribution in [3.63, 3.8) is 0 Å². The number of hydrogen-bond donors (Lipinski definition) is 3. The van der Waals surface area contributed by atoms with Gasteiger partial charge in [-0.3, -0.25) is 14.4 Å². The Bertz CT molecular complexity index is 591. The van der Waals surface area contributed by atoms with Crippen molar-refractivity contribution in [2.24, 2.45) is 0 Å². The quantitative estimate of drug-likeness (QED) is 0.397. The zero-order valence-electron chi connectivity index (χ0n) is 10.9. The molecule has 0 saturated heterocycles. The predicted molar refractivity (Wildman–Crippen MR) is 73.1 cm³/mol. The highest BCUT2D eigenvalue weighted by Crippen LogP contribution is 2.30. The number of aliphatic carboxylic acids is 1. The second-order valence-electron chi connectivity index (χ2n) is 4.68. The molecular weight excluding hydrogens is 298 g/mol. The highest BCUT2D eigenvalue weighted by atomic mass is 32.1. The van der Waals surface area contributed by atoms with Crippen LogP contribution in [0.4, 0.5) is 5.13 Å². The molecule has 1 fully saturated rings. The summed E-state index contributed by atoms with van der Waals surface area (Å²) in [6, 6.07) is 0. The van der Waals surface area contributed by atoms with E-state index in [9.17, 15) is 24.3 Å². The second-order valence-corrected chi connectivity index (χ2v) is 5.54. The number of hydrogen-bond acceptors (Lipinski definition) is 6. The van der Waals surface area contributed by atoms with Crippen LogP contribution in [0.15, 0.2) is 5.38 Å². The van der Waals surface area contributed by atoms with Gasteiger partial charge in [0.2, 0.25) is 6.41 Å². The van der Waals surface area contributed by atoms with E-state index in [-0.39, 0.29) is 10.8 Å². The Morgan fingerprint density at radius 1 is 1.33 bits per heavy atom. The summed E-state index contributed by atoms with van der Waals surface area (Å²) in [5.74, 6) is -3.05. The van der Waals surface area contributed by atoms with E-state index in [1.54, 1.807) is 0 Å². The van der Waals surface area contributed by atoms with Crippen LogP contribution in [0.5, 0.6) is 0 Å². The molecule has 1 aliphatic rings. The number of carbonyl (C=O) groups is 4. The monoisotopic (exact) mass is 311 g/mol. The summed E-state index contributed by atoms with van der Waals surface area (Å²) >= 11 is 0.997. The van der Waals surface area contributed by atoms with E-state index in [0.717, 1.165) is 11.3 Å². The topological polar surface area (TPSA) is 125 Å². The molecule has 1 saturated carbocycles.